The summed E-state index contributed by atoms with van der Waals surface area (Å²) < 4.78 is 0. The minimum Gasteiger partial charge on any atom is -0.480 e. The van der Waals surface area contributed by atoms with Gasteiger partial charge in [-0.2, -0.15) is 5.06 Å². The van der Waals surface area contributed by atoms with Gasteiger partial charge in [-0.1, -0.05) is 51.1 Å². The van der Waals surface area contributed by atoms with Gasteiger partial charge in [-0.15, -0.1) is 0 Å². The molecule has 0 radical (unpaired) electrons. The summed E-state index contributed by atoms with van der Waals surface area (Å²) >= 11 is 0. The minimum absolute atomic E-state index is 0.106. The number of carbonyl (C=O) groups excluding carboxylic acids is 2. The van der Waals surface area contributed by atoms with Crippen LogP contribution in [-0.2, 0) is 25.8 Å². The van der Waals surface area contributed by atoms with Crippen LogP contribution in [0, 0.1) is 11.3 Å². The number of benzene rings is 1. The first kappa shape index (κ1) is 17.9. The van der Waals surface area contributed by atoms with E-state index in [0.717, 1.165) is 10.6 Å². The number of carbonyl (C=O) groups is 3. The highest BCUT2D eigenvalue weighted by Crippen LogP contribution is 2.30. The third kappa shape index (κ3) is 4.29. The molecule has 6 heteroatoms. The van der Waals surface area contributed by atoms with Gasteiger partial charge >= 0.3 is 5.97 Å². The molecule has 0 saturated heterocycles. The molecule has 0 saturated carbocycles. The van der Waals surface area contributed by atoms with Crippen molar-refractivity contribution >= 4 is 17.7 Å². The van der Waals surface area contributed by atoms with Gasteiger partial charge in [-0.3, -0.25) is 19.2 Å². The normalized spacial score (nSPS) is 18.5. The van der Waals surface area contributed by atoms with Gasteiger partial charge in [0.15, 0.2) is 11.7 Å². The molecule has 128 valence electrons. The Morgan fingerprint density at radius 3 is 2.38 bits per heavy atom. The first-order valence-corrected chi connectivity index (χ1v) is 7.67. The molecule has 1 aliphatic rings. The van der Waals surface area contributed by atoms with Crippen molar-refractivity contribution in [2.75, 3.05) is 0 Å². The van der Waals surface area contributed by atoms with E-state index in [1.54, 1.807) is 0 Å². The van der Waals surface area contributed by atoms with Crippen LogP contribution in [0.2, 0.25) is 0 Å². The lowest BCUT2D eigenvalue weighted by atomic mass is 9.87. The van der Waals surface area contributed by atoms with Crippen molar-refractivity contribution in [3.8, 4) is 0 Å². The predicted octanol–water partition coefficient (Wildman–Crippen LogP) is 2.55. The number of hydrogen-bond donors (Lipinski definition) is 1. The van der Waals surface area contributed by atoms with Gasteiger partial charge in [0.25, 0.3) is 5.91 Å². The van der Waals surface area contributed by atoms with Crippen LogP contribution >= 0.6 is 0 Å². The Hall–Kier alpha value is -2.47. The van der Waals surface area contributed by atoms with E-state index >= 15 is 0 Å². The lowest BCUT2D eigenvalue weighted by Crippen LogP contribution is -2.46. The molecule has 0 bridgehead atoms. The molecule has 0 spiro atoms. The SMILES string of the molecule is CC(C)(C)CC1=CC(=O)C(C(=O)O)C(=O)N1OCc1ccccc1. The standard InChI is InChI=1S/C18H21NO5/c1-18(2,3)10-13-9-14(20)15(17(22)23)16(21)19(13)24-11-12-7-5-4-6-8-12/h4-9,15H,10-11H2,1-3H3,(H,22,23). The zero-order valence-corrected chi connectivity index (χ0v) is 14.0. The van der Waals surface area contributed by atoms with E-state index in [-0.39, 0.29) is 12.0 Å². The first-order valence-electron chi connectivity index (χ1n) is 7.67. The van der Waals surface area contributed by atoms with Crippen molar-refractivity contribution < 1.29 is 24.3 Å². The Balaban J connectivity index is 2.27. The topological polar surface area (TPSA) is 83.9 Å². The zero-order chi connectivity index (χ0) is 17.9. The third-order valence-electron chi connectivity index (χ3n) is 3.46. The van der Waals surface area contributed by atoms with E-state index in [1.165, 1.54) is 6.08 Å². The molecule has 0 aromatic heterocycles. The molecule has 1 N–H and O–H groups in total. The molecule has 1 aromatic rings. The largest absolute Gasteiger partial charge is 0.480 e. The Kier molecular flexibility index (Phi) is 5.19. The van der Waals surface area contributed by atoms with Gasteiger partial charge in [-0.25, -0.2) is 0 Å². The highest BCUT2D eigenvalue weighted by Gasteiger charge is 2.42. The molecular formula is C18H21NO5. The average Bonchev–Trinajstić information content (AvgIpc) is 2.45. The van der Waals surface area contributed by atoms with E-state index in [1.807, 2.05) is 51.1 Å². The van der Waals surface area contributed by atoms with Gasteiger partial charge < -0.3 is 5.11 Å². The number of ketones is 1. The van der Waals surface area contributed by atoms with E-state index in [9.17, 15) is 14.4 Å². The van der Waals surface area contributed by atoms with Gasteiger partial charge in [0.05, 0.1) is 5.70 Å². The molecule has 1 atom stereocenters. The van der Waals surface area contributed by atoms with Crippen molar-refractivity contribution in [3.05, 3.63) is 47.7 Å². The Morgan fingerprint density at radius 1 is 1.21 bits per heavy atom. The van der Waals surface area contributed by atoms with Crippen LogP contribution in [0.4, 0.5) is 0 Å². The van der Waals surface area contributed by atoms with Crippen LogP contribution in [0.5, 0.6) is 0 Å². The summed E-state index contributed by atoms with van der Waals surface area (Å²) in [7, 11) is 0. The first-order chi connectivity index (χ1) is 11.2. The summed E-state index contributed by atoms with van der Waals surface area (Å²) in [6.45, 7) is 5.99. The lowest BCUT2D eigenvalue weighted by molar-refractivity contribution is -0.190. The monoisotopic (exact) mass is 331 g/mol. The summed E-state index contributed by atoms with van der Waals surface area (Å²) in [5, 5.41) is 10.1. The number of carboxylic acids is 1. The molecule has 1 aliphatic heterocycles. The number of carboxylic acid groups (broad SMARTS) is 1. The summed E-state index contributed by atoms with van der Waals surface area (Å²) in [4.78, 5) is 41.3. The van der Waals surface area contributed by atoms with Gasteiger partial charge in [0.1, 0.15) is 6.61 Å². The Morgan fingerprint density at radius 2 is 1.83 bits per heavy atom. The van der Waals surface area contributed by atoms with E-state index < -0.39 is 23.6 Å². The molecule has 2 rings (SSSR count). The third-order valence-corrected chi connectivity index (χ3v) is 3.46. The fourth-order valence-corrected chi connectivity index (χ4v) is 2.44. The maximum absolute atomic E-state index is 12.5. The number of hydroxylamine groups is 2. The fourth-order valence-electron chi connectivity index (χ4n) is 2.44. The van der Waals surface area contributed by atoms with E-state index in [0.29, 0.717) is 12.1 Å². The lowest BCUT2D eigenvalue weighted by Gasteiger charge is -2.32. The zero-order valence-electron chi connectivity index (χ0n) is 14.0. The molecule has 1 amide bonds. The molecule has 1 aromatic carbocycles. The number of hydrogen-bond acceptors (Lipinski definition) is 4. The summed E-state index contributed by atoms with van der Waals surface area (Å²) in [6, 6.07) is 9.21. The van der Waals surface area contributed by atoms with Gasteiger partial charge in [0, 0.05) is 6.08 Å². The van der Waals surface area contributed by atoms with Crippen molar-refractivity contribution in [2.45, 2.75) is 33.8 Å². The van der Waals surface area contributed by atoms with E-state index in [4.69, 9.17) is 9.94 Å². The fraction of sp³-hybridized carbons (Fsp3) is 0.389. The van der Waals surface area contributed by atoms with Gasteiger partial charge in [0.2, 0.25) is 0 Å². The van der Waals surface area contributed by atoms with Crippen LogP contribution in [-0.4, -0.2) is 27.8 Å². The molecular weight excluding hydrogens is 310 g/mol. The van der Waals surface area contributed by atoms with Crippen molar-refractivity contribution in [1.82, 2.24) is 5.06 Å². The number of nitrogens with zero attached hydrogens (tertiary/aromatic N) is 1. The van der Waals surface area contributed by atoms with Crippen LogP contribution in [0.15, 0.2) is 42.1 Å². The number of rotatable bonds is 5. The predicted molar refractivity (Wildman–Crippen MR) is 86.4 cm³/mol. The summed E-state index contributed by atoms with van der Waals surface area (Å²) in [6.07, 6.45) is 1.61. The second-order valence-corrected chi connectivity index (χ2v) is 6.94. The molecule has 6 nitrogen and oxygen atoms in total. The Bertz CT molecular complexity index is 672. The number of amides is 1. The average molecular weight is 331 g/mol. The summed E-state index contributed by atoms with van der Waals surface area (Å²) in [5.41, 5.74) is 1.02. The highest BCUT2D eigenvalue weighted by molar-refractivity contribution is 6.21. The van der Waals surface area contributed by atoms with Crippen LogP contribution in [0.3, 0.4) is 0 Å². The van der Waals surface area contributed by atoms with Crippen molar-refractivity contribution in [2.24, 2.45) is 11.3 Å². The quantitative estimate of drug-likeness (QED) is 0.838. The number of allylic oxidation sites excluding steroid dienone is 2. The molecule has 0 aliphatic carbocycles. The van der Waals surface area contributed by atoms with Crippen LogP contribution < -0.4 is 0 Å². The van der Waals surface area contributed by atoms with E-state index in [2.05, 4.69) is 0 Å². The van der Waals surface area contributed by atoms with Gasteiger partial charge in [-0.05, 0) is 17.4 Å². The highest BCUT2D eigenvalue weighted by atomic mass is 16.7. The molecule has 0 fully saturated rings. The second kappa shape index (κ2) is 6.97. The maximum Gasteiger partial charge on any atom is 0.324 e. The van der Waals surface area contributed by atoms with Crippen LogP contribution in [0.25, 0.3) is 0 Å². The molecule has 24 heavy (non-hydrogen) atoms. The van der Waals surface area contributed by atoms with Crippen molar-refractivity contribution in [3.63, 3.8) is 0 Å². The Labute approximate surface area is 140 Å². The molecule has 1 heterocycles. The minimum atomic E-state index is -1.75. The summed E-state index contributed by atoms with van der Waals surface area (Å²) in [5.74, 6) is -4.79. The smallest absolute Gasteiger partial charge is 0.324 e. The maximum atomic E-state index is 12.5. The second-order valence-electron chi connectivity index (χ2n) is 6.94. The van der Waals surface area contributed by atoms with Crippen molar-refractivity contribution in [1.29, 1.82) is 0 Å². The van der Waals surface area contributed by atoms with Crippen LogP contribution in [0.1, 0.15) is 32.8 Å². The number of aliphatic carboxylic acids is 1. The molecule has 1 unspecified atom stereocenters.